The van der Waals surface area contributed by atoms with Gasteiger partial charge in [0.1, 0.15) is 18.1 Å². The number of carbonyl (C=O) groups excluding carboxylic acids is 1. The zero-order chi connectivity index (χ0) is 26.1. The van der Waals surface area contributed by atoms with Crippen LogP contribution >= 0.6 is 0 Å². The van der Waals surface area contributed by atoms with Crippen molar-refractivity contribution in [1.29, 1.82) is 0 Å². The highest BCUT2D eigenvalue weighted by Gasteiger charge is 2.52. The normalized spacial score (nSPS) is 25.6. The van der Waals surface area contributed by atoms with E-state index in [-0.39, 0.29) is 17.1 Å². The lowest BCUT2D eigenvalue weighted by Gasteiger charge is -2.57. The molecule has 0 saturated heterocycles. The number of ether oxygens (including phenoxy) is 2. The molecule has 1 N–H and O–H groups in total. The van der Waals surface area contributed by atoms with Crippen LogP contribution in [0.2, 0.25) is 0 Å². The summed E-state index contributed by atoms with van der Waals surface area (Å²) < 4.78 is 11.5. The minimum Gasteiger partial charge on any atom is -0.507 e. The molecule has 4 saturated carbocycles. The summed E-state index contributed by atoms with van der Waals surface area (Å²) in [5.41, 5.74) is 5.19. The molecule has 4 fully saturated rings. The van der Waals surface area contributed by atoms with Crippen LogP contribution in [0.15, 0.2) is 72.8 Å². The lowest BCUT2D eigenvalue weighted by molar-refractivity contribution is -0.137. The smallest absolute Gasteiger partial charge is 0.330 e. The van der Waals surface area contributed by atoms with Crippen molar-refractivity contribution in [2.24, 2.45) is 17.8 Å². The largest absolute Gasteiger partial charge is 0.507 e. The van der Waals surface area contributed by atoms with Crippen molar-refractivity contribution in [2.75, 3.05) is 6.61 Å². The molecule has 0 unspecified atom stereocenters. The fraction of sp³-hybridized carbons (Fsp3) is 0.382. The maximum Gasteiger partial charge on any atom is 0.330 e. The molecule has 3 aromatic rings. The van der Waals surface area contributed by atoms with E-state index >= 15 is 0 Å². The van der Waals surface area contributed by atoms with Gasteiger partial charge in [-0.3, -0.25) is 0 Å². The SMILES string of the molecule is CCOC(=O)C=Cc1ccc(O)c(-c2ccc(OCc3ccccc3)c(C34CC5CC(CC(C5)C3)C4)c2)c1. The van der Waals surface area contributed by atoms with Crippen LogP contribution in [0.1, 0.15) is 62.1 Å². The molecule has 0 heterocycles. The highest BCUT2D eigenvalue weighted by Crippen LogP contribution is 2.62. The van der Waals surface area contributed by atoms with Gasteiger partial charge in [-0.1, -0.05) is 42.5 Å². The van der Waals surface area contributed by atoms with Crippen LogP contribution in [-0.2, 0) is 21.6 Å². The Hall–Kier alpha value is -3.53. The summed E-state index contributed by atoms with van der Waals surface area (Å²) in [5, 5.41) is 10.8. The third kappa shape index (κ3) is 4.97. The maximum atomic E-state index is 11.8. The van der Waals surface area contributed by atoms with Crippen molar-refractivity contribution < 1.29 is 19.4 Å². The molecule has 0 amide bonds. The minimum atomic E-state index is -0.369. The van der Waals surface area contributed by atoms with Crippen molar-refractivity contribution in [2.45, 2.75) is 57.5 Å². The fourth-order valence-corrected chi connectivity index (χ4v) is 7.66. The van der Waals surface area contributed by atoms with E-state index in [1.54, 1.807) is 19.1 Å². The van der Waals surface area contributed by atoms with Crippen LogP contribution < -0.4 is 4.74 Å². The van der Waals surface area contributed by atoms with E-state index in [1.807, 2.05) is 30.3 Å². The van der Waals surface area contributed by atoms with Crippen molar-refractivity contribution in [1.82, 2.24) is 0 Å². The Morgan fingerprint density at radius 3 is 2.34 bits per heavy atom. The van der Waals surface area contributed by atoms with E-state index in [1.165, 1.54) is 50.2 Å². The van der Waals surface area contributed by atoms with Gasteiger partial charge in [-0.2, -0.15) is 0 Å². The Balaban J connectivity index is 1.37. The Morgan fingerprint density at radius 2 is 1.66 bits per heavy atom. The summed E-state index contributed by atoms with van der Waals surface area (Å²) in [5.74, 6) is 3.28. The molecule has 4 bridgehead atoms. The summed E-state index contributed by atoms with van der Waals surface area (Å²) in [6, 6.07) is 22.2. The quantitative estimate of drug-likeness (QED) is 0.250. The molecule has 38 heavy (non-hydrogen) atoms. The van der Waals surface area contributed by atoms with Gasteiger partial charge in [0.25, 0.3) is 0 Å². The van der Waals surface area contributed by atoms with Crippen LogP contribution in [0.25, 0.3) is 17.2 Å². The number of phenols is 1. The first-order valence-corrected chi connectivity index (χ1v) is 14.0. The van der Waals surface area contributed by atoms with Crippen LogP contribution in [0.3, 0.4) is 0 Å². The highest BCUT2D eigenvalue weighted by molar-refractivity contribution is 5.87. The van der Waals surface area contributed by atoms with Gasteiger partial charge in [0.05, 0.1) is 6.61 Å². The monoisotopic (exact) mass is 508 g/mol. The molecule has 0 aromatic heterocycles. The zero-order valence-electron chi connectivity index (χ0n) is 22.1. The maximum absolute atomic E-state index is 11.8. The van der Waals surface area contributed by atoms with Gasteiger partial charge in [0.2, 0.25) is 0 Å². The molecule has 3 aromatic carbocycles. The van der Waals surface area contributed by atoms with E-state index in [2.05, 4.69) is 30.3 Å². The van der Waals surface area contributed by atoms with Gasteiger partial charge in [-0.25, -0.2) is 4.79 Å². The van der Waals surface area contributed by atoms with Gasteiger partial charge in [0.15, 0.2) is 0 Å². The predicted octanol–water partition coefficient (Wildman–Crippen LogP) is 7.68. The van der Waals surface area contributed by atoms with Crippen molar-refractivity contribution in [3.63, 3.8) is 0 Å². The second-order valence-corrected chi connectivity index (χ2v) is 11.5. The number of aromatic hydroxyl groups is 1. The first-order valence-electron chi connectivity index (χ1n) is 14.0. The first-order chi connectivity index (χ1) is 18.5. The first kappa shape index (κ1) is 24.8. The molecular weight excluding hydrogens is 472 g/mol. The van der Waals surface area contributed by atoms with E-state index in [4.69, 9.17) is 9.47 Å². The summed E-state index contributed by atoms with van der Waals surface area (Å²) in [4.78, 5) is 11.8. The van der Waals surface area contributed by atoms with Gasteiger partial charge in [0, 0.05) is 17.2 Å². The molecule has 4 nitrogen and oxygen atoms in total. The average molecular weight is 509 g/mol. The number of hydrogen-bond acceptors (Lipinski definition) is 4. The number of esters is 1. The predicted molar refractivity (Wildman–Crippen MR) is 150 cm³/mol. The van der Waals surface area contributed by atoms with Crippen molar-refractivity contribution >= 4 is 12.0 Å². The second kappa shape index (κ2) is 10.3. The molecule has 4 aliphatic carbocycles. The molecule has 7 rings (SSSR count). The van der Waals surface area contributed by atoms with Crippen molar-refractivity contribution in [3.05, 3.63) is 89.5 Å². The summed E-state index contributed by atoms with van der Waals surface area (Å²) in [6.07, 6.45) is 11.0. The Morgan fingerprint density at radius 1 is 0.947 bits per heavy atom. The van der Waals surface area contributed by atoms with E-state index in [9.17, 15) is 9.90 Å². The number of phenolic OH excluding ortho intramolecular Hbond substituents is 1. The molecule has 0 atom stereocenters. The standard InChI is InChI=1S/C34H36O4/c1-2-37-33(36)13-9-23-8-11-31(35)29(17-23)28-10-12-32(38-22-24-6-4-3-5-7-24)30(18-28)34-19-25-14-26(20-34)16-27(15-25)21-34/h3-13,17-18,25-27,35H,2,14-16,19-22H2,1H3. The Kier molecular flexibility index (Phi) is 6.73. The topological polar surface area (TPSA) is 55.8 Å². The summed E-state index contributed by atoms with van der Waals surface area (Å²) in [7, 11) is 0. The summed E-state index contributed by atoms with van der Waals surface area (Å²) >= 11 is 0. The molecule has 0 radical (unpaired) electrons. The van der Waals surface area contributed by atoms with Gasteiger partial charge < -0.3 is 14.6 Å². The van der Waals surface area contributed by atoms with E-state index in [0.29, 0.717) is 13.2 Å². The Labute approximate surface area is 225 Å². The summed E-state index contributed by atoms with van der Waals surface area (Å²) in [6.45, 7) is 2.67. The van der Waals surface area contributed by atoms with Crippen molar-refractivity contribution in [3.8, 4) is 22.6 Å². The lowest BCUT2D eigenvalue weighted by Crippen LogP contribution is -2.48. The third-order valence-electron chi connectivity index (χ3n) is 8.86. The number of rotatable bonds is 8. The van der Waals surface area contributed by atoms with E-state index < -0.39 is 0 Å². The van der Waals surface area contributed by atoms with Gasteiger partial charge in [-0.15, -0.1) is 0 Å². The van der Waals surface area contributed by atoms with Crippen LogP contribution in [0, 0.1) is 17.8 Å². The average Bonchev–Trinajstić information content (AvgIpc) is 2.91. The number of carbonyl (C=O) groups is 1. The fourth-order valence-electron chi connectivity index (χ4n) is 7.66. The molecule has 4 aliphatic rings. The molecule has 0 aliphatic heterocycles. The second-order valence-electron chi connectivity index (χ2n) is 11.5. The van der Waals surface area contributed by atoms with Crippen LogP contribution in [-0.4, -0.2) is 17.7 Å². The number of hydrogen-bond donors (Lipinski definition) is 1. The number of benzene rings is 3. The molecular formula is C34H36O4. The van der Waals surface area contributed by atoms with Gasteiger partial charge in [-0.05, 0) is 116 Å². The van der Waals surface area contributed by atoms with Crippen LogP contribution in [0.5, 0.6) is 11.5 Å². The molecule has 196 valence electrons. The van der Waals surface area contributed by atoms with Gasteiger partial charge >= 0.3 is 5.97 Å². The Bertz CT molecular complexity index is 1300. The van der Waals surface area contributed by atoms with Crippen LogP contribution in [0.4, 0.5) is 0 Å². The molecule has 4 heteroatoms. The van der Waals surface area contributed by atoms with E-state index in [0.717, 1.165) is 45.8 Å². The molecule has 0 spiro atoms. The minimum absolute atomic E-state index is 0.147. The lowest BCUT2D eigenvalue weighted by atomic mass is 9.48. The highest BCUT2D eigenvalue weighted by atomic mass is 16.5. The third-order valence-corrected chi connectivity index (χ3v) is 8.86. The zero-order valence-corrected chi connectivity index (χ0v) is 22.1.